The maximum atomic E-state index is 11.9. The Morgan fingerprint density at radius 3 is 2.53 bits per heavy atom. The number of carboxylic acids is 1. The standard InChI is InChI=1S/C12H19NO4/c1-8-5-6-9(10(14)15)13(7-8)11(16)17-12(2,3)4/h9H,1,5-7H2,2-4H3,(H,14,15)/t9-/m0/s1. The fourth-order valence-corrected chi connectivity index (χ4v) is 1.70. The number of amides is 1. The number of carbonyl (C=O) groups is 2. The van der Waals surface area contributed by atoms with E-state index in [1.807, 2.05) is 0 Å². The molecule has 0 bridgehead atoms. The number of hydrogen-bond donors (Lipinski definition) is 1. The second kappa shape index (κ2) is 4.77. The van der Waals surface area contributed by atoms with Crippen LogP contribution in [0.4, 0.5) is 4.79 Å². The lowest BCUT2D eigenvalue weighted by Crippen LogP contribution is -2.50. The fourth-order valence-electron chi connectivity index (χ4n) is 1.70. The van der Waals surface area contributed by atoms with Gasteiger partial charge in [0.25, 0.3) is 0 Å². The SMILES string of the molecule is C=C1CC[C@@H](C(=O)O)N(C(=O)OC(C)(C)C)C1. The van der Waals surface area contributed by atoms with Crippen molar-refractivity contribution in [2.75, 3.05) is 6.54 Å². The van der Waals surface area contributed by atoms with Gasteiger partial charge in [-0.1, -0.05) is 12.2 Å². The molecule has 0 aromatic carbocycles. The van der Waals surface area contributed by atoms with E-state index in [2.05, 4.69) is 6.58 Å². The van der Waals surface area contributed by atoms with Gasteiger partial charge in [-0.2, -0.15) is 0 Å². The van der Waals surface area contributed by atoms with Crippen LogP contribution < -0.4 is 0 Å². The maximum Gasteiger partial charge on any atom is 0.411 e. The van der Waals surface area contributed by atoms with Gasteiger partial charge in [0.2, 0.25) is 0 Å². The van der Waals surface area contributed by atoms with Crippen LogP contribution in [0.25, 0.3) is 0 Å². The number of aliphatic carboxylic acids is 1. The Morgan fingerprint density at radius 2 is 2.06 bits per heavy atom. The van der Waals surface area contributed by atoms with Gasteiger partial charge in [-0.05, 0) is 33.6 Å². The van der Waals surface area contributed by atoms with Gasteiger partial charge in [0, 0.05) is 6.54 Å². The smallest absolute Gasteiger partial charge is 0.411 e. The third-order valence-corrected chi connectivity index (χ3v) is 2.45. The highest BCUT2D eigenvalue weighted by Gasteiger charge is 2.35. The molecule has 0 radical (unpaired) electrons. The number of piperidine rings is 1. The molecule has 1 atom stereocenters. The lowest BCUT2D eigenvalue weighted by Gasteiger charge is -2.35. The van der Waals surface area contributed by atoms with E-state index < -0.39 is 23.7 Å². The van der Waals surface area contributed by atoms with Crippen molar-refractivity contribution in [3.8, 4) is 0 Å². The molecule has 0 unspecified atom stereocenters. The van der Waals surface area contributed by atoms with Crippen molar-refractivity contribution >= 4 is 12.1 Å². The van der Waals surface area contributed by atoms with Crippen molar-refractivity contribution in [2.24, 2.45) is 0 Å². The van der Waals surface area contributed by atoms with Gasteiger partial charge in [0.05, 0.1) is 0 Å². The summed E-state index contributed by atoms with van der Waals surface area (Å²) in [5, 5.41) is 9.06. The van der Waals surface area contributed by atoms with Crippen LogP contribution >= 0.6 is 0 Å². The van der Waals surface area contributed by atoms with Crippen LogP contribution in [0, 0.1) is 0 Å². The van der Waals surface area contributed by atoms with E-state index >= 15 is 0 Å². The Kier molecular flexibility index (Phi) is 3.80. The zero-order valence-corrected chi connectivity index (χ0v) is 10.5. The zero-order valence-electron chi connectivity index (χ0n) is 10.5. The summed E-state index contributed by atoms with van der Waals surface area (Å²) in [6.07, 6.45) is 0.440. The Labute approximate surface area is 101 Å². The number of rotatable bonds is 1. The van der Waals surface area contributed by atoms with Gasteiger partial charge in [-0.25, -0.2) is 9.59 Å². The van der Waals surface area contributed by atoms with Crippen LogP contribution in [-0.2, 0) is 9.53 Å². The van der Waals surface area contributed by atoms with Crippen molar-refractivity contribution in [1.29, 1.82) is 0 Å². The summed E-state index contributed by atoms with van der Waals surface area (Å²) in [4.78, 5) is 24.2. The lowest BCUT2D eigenvalue weighted by atomic mass is 9.99. The third-order valence-electron chi connectivity index (χ3n) is 2.45. The average molecular weight is 241 g/mol. The molecule has 0 aliphatic carbocycles. The molecule has 0 saturated carbocycles. The van der Waals surface area contributed by atoms with E-state index in [9.17, 15) is 9.59 Å². The molecule has 96 valence electrons. The van der Waals surface area contributed by atoms with Crippen LogP contribution in [0.2, 0.25) is 0 Å². The van der Waals surface area contributed by atoms with Crippen LogP contribution in [-0.4, -0.2) is 40.3 Å². The maximum absolute atomic E-state index is 11.9. The van der Waals surface area contributed by atoms with Crippen LogP contribution in [0.5, 0.6) is 0 Å². The highest BCUT2D eigenvalue weighted by molar-refractivity contribution is 5.80. The first-order valence-electron chi connectivity index (χ1n) is 5.60. The summed E-state index contributed by atoms with van der Waals surface area (Å²) in [5.74, 6) is -0.997. The summed E-state index contributed by atoms with van der Waals surface area (Å²) in [7, 11) is 0. The summed E-state index contributed by atoms with van der Waals surface area (Å²) < 4.78 is 5.19. The van der Waals surface area contributed by atoms with E-state index in [0.29, 0.717) is 12.8 Å². The quantitative estimate of drug-likeness (QED) is 0.713. The largest absolute Gasteiger partial charge is 0.480 e. The van der Waals surface area contributed by atoms with Crippen LogP contribution in [0.15, 0.2) is 12.2 Å². The molecule has 1 fully saturated rings. The molecule has 0 aromatic rings. The Morgan fingerprint density at radius 1 is 1.47 bits per heavy atom. The van der Waals surface area contributed by atoms with E-state index in [-0.39, 0.29) is 6.54 Å². The second-order valence-electron chi connectivity index (χ2n) is 5.25. The molecular weight excluding hydrogens is 222 g/mol. The van der Waals surface area contributed by atoms with Gasteiger partial charge >= 0.3 is 12.1 Å². The Bertz CT molecular complexity index is 343. The van der Waals surface area contributed by atoms with Crippen molar-refractivity contribution in [1.82, 2.24) is 4.90 Å². The summed E-state index contributed by atoms with van der Waals surface area (Å²) >= 11 is 0. The minimum absolute atomic E-state index is 0.256. The highest BCUT2D eigenvalue weighted by Crippen LogP contribution is 2.22. The molecule has 5 nitrogen and oxygen atoms in total. The van der Waals surface area contributed by atoms with E-state index in [1.54, 1.807) is 20.8 Å². The first kappa shape index (κ1) is 13.5. The minimum atomic E-state index is -0.997. The molecular formula is C12H19NO4. The molecule has 5 heteroatoms. The molecule has 0 spiro atoms. The Hall–Kier alpha value is -1.52. The van der Waals surface area contributed by atoms with Gasteiger partial charge in [-0.3, -0.25) is 4.90 Å². The first-order valence-corrected chi connectivity index (χ1v) is 5.60. The average Bonchev–Trinajstić information content (AvgIpc) is 2.14. The van der Waals surface area contributed by atoms with Crippen molar-refractivity contribution in [3.63, 3.8) is 0 Å². The summed E-state index contributed by atoms with van der Waals surface area (Å²) in [5.41, 5.74) is 0.229. The number of carbonyl (C=O) groups excluding carboxylic acids is 1. The predicted molar refractivity (Wildman–Crippen MR) is 62.7 cm³/mol. The van der Waals surface area contributed by atoms with E-state index in [0.717, 1.165) is 5.57 Å². The van der Waals surface area contributed by atoms with Gasteiger partial charge in [0.15, 0.2) is 0 Å². The van der Waals surface area contributed by atoms with E-state index in [4.69, 9.17) is 9.84 Å². The molecule has 1 saturated heterocycles. The fraction of sp³-hybridized carbons (Fsp3) is 0.667. The van der Waals surface area contributed by atoms with Gasteiger partial charge in [0.1, 0.15) is 11.6 Å². The predicted octanol–water partition coefficient (Wildman–Crippen LogP) is 2.03. The Balaban J connectivity index is 2.79. The molecule has 1 N–H and O–H groups in total. The van der Waals surface area contributed by atoms with Crippen molar-refractivity contribution in [3.05, 3.63) is 12.2 Å². The van der Waals surface area contributed by atoms with Crippen molar-refractivity contribution in [2.45, 2.75) is 45.3 Å². The molecule has 1 heterocycles. The molecule has 17 heavy (non-hydrogen) atoms. The van der Waals surface area contributed by atoms with Crippen LogP contribution in [0.1, 0.15) is 33.6 Å². The molecule has 1 rings (SSSR count). The monoisotopic (exact) mass is 241 g/mol. The van der Waals surface area contributed by atoms with Crippen LogP contribution in [0.3, 0.4) is 0 Å². The van der Waals surface area contributed by atoms with Crippen molar-refractivity contribution < 1.29 is 19.4 Å². The van der Waals surface area contributed by atoms with Gasteiger partial charge < -0.3 is 9.84 Å². The number of carboxylic acid groups (broad SMARTS) is 1. The molecule has 1 amide bonds. The van der Waals surface area contributed by atoms with E-state index in [1.165, 1.54) is 4.90 Å². The summed E-state index contributed by atoms with van der Waals surface area (Å²) in [6, 6.07) is -0.810. The minimum Gasteiger partial charge on any atom is -0.480 e. The summed E-state index contributed by atoms with van der Waals surface area (Å²) in [6.45, 7) is 9.30. The molecule has 1 aliphatic rings. The lowest BCUT2D eigenvalue weighted by molar-refractivity contribution is -0.143. The zero-order chi connectivity index (χ0) is 13.2. The van der Waals surface area contributed by atoms with Gasteiger partial charge in [-0.15, -0.1) is 0 Å². The molecule has 1 aliphatic heterocycles. The molecule has 0 aromatic heterocycles. The number of ether oxygens (including phenoxy) is 1. The topological polar surface area (TPSA) is 66.8 Å². The highest BCUT2D eigenvalue weighted by atomic mass is 16.6. The second-order valence-corrected chi connectivity index (χ2v) is 5.25. The third kappa shape index (κ3) is 3.76. The number of hydrogen-bond acceptors (Lipinski definition) is 3. The normalized spacial score (nSPS) is 21.2. The first-order chi connectivity index (χ1) is 7.70. The number of nitrogens with zero attached hydrogens (tertiary/aromatic N) is 1. The number of likely N-dealkylation sites (tertiary alicyclic amines) is 1.